The van der Waals surface area contributed by atoms with Crippen LogP contribution < -0.4 is 15.4 Å². The van der Waals surface area contributed by atoms with E-state index in [-0.39, 0.29) is 24.5 Å². The van der Waals surface area contributed by atoms with Gasteiger partial charge < -0.3 is 20.3 Å². The van der Waals surface area contributed by atoms with Crippen LogP contribution >= 0.6 is 0 Å². The smallest absolute Gasteiger partial charge is 0.253 e. The fourth-order valence-corrected chi connectivity index (χ4v) is 3.08. The Kier molecular flexibility index (Phi) is 9.19. The Hall–Kier alpha value is -3.02. The van der Waals surface area contributed by atoms with E-state index in [1.807, 2.05) is 43.0 Å². The van der Waals surface area contributed by atoms with Crippen LogP contribution in [-0.4, -0.2) is 42.5 Å². The number of hydrogen-bond donors (Lipinski definition) is 2. The van der Waals surface area contributed by atoms with Crippen LogP contribution in [0.15, 0.2) is 48.5 Å². The number of nitrogens with zero attached hydrogens (tertiary/aromatic N) is 1. The molecular formula is C24H33N3O3. The zero-order valence-electron chi connectivity index (χ0n) is 18.4. The molecule has 2 aromatic carbocycles. The topological polar surface area (TPSA) is 70.7 Å². The number of hydrogen-bond acceptors (Lipinski definition) is 4. The second-order valence-electron chi connectivity index (χ2n) is 7.43. The maximum absolute atomic E-state index is 12.6. The van der Waals surface area contributed by atoms with Crippen molar-refractivity contribution in [2.45, 2.75) is 46.6 Å². The first kappa shape index (κ1) is 23.3. The Morgan fingerprint density at radius 3 is 2.20 bits per heavy atom. The molecule has 0 saturated carbocycles. The third-order valence-electron chi connectivity index (χ3n) is 4.38. The molecule has 2 N–H and O–H groups in total. The SMILES string of the molecule is CCCN(CCC)C(=O)c1ccc(NC(=O)CNc2ccccc2OC(C)C)cc1. The predicted molar refractivity (Wildman–Crippen MR) is 122 cm³/mol. The molecule has 0 atom stereocenters. The summed E-state index contributed by atoms with van der Waals surface area (Å²) in [5.41, 5.74) is 2.06. The monoisotopic (exact) mass is 411 g/mol. The minimum atomic E-state index is -0.174. The Morgan fingerprint density at radius 1 is 0.967 bits per heavy atom. The highest BCUT2D eigenvalue weighted by Crippen LogP contribution is 2.24. The van der Waals surface area contributed by atoms with E-state index in [1.165, 1.54) is 0 Å². The fourth-order valence-electron chi connectivity index (χ4n) is 3.08. The summed E-state index contributed by atoms with van der Waals surface area (Å²) in [6, 6.07) is 14.6. The van der Waals surface area contributed by atoms with Gasteiger partial charge in [-0.05, 0) is 63.1 Å². The molecule has 0 aliphatic carbocycles. The van der Waals surface area contributed by atoms with Gasteiger partial charge >= 0.3 is 0 Å². The van der Waals surface area contributed by atoms with Crippen LogP contribution in [0.1, 0.15) is 50.9 Å². The number of para-hydroxylation sites is 2. The van der Waals surface area contributed by atoms with Gasteiger partial charge in [0, 0.05) is 24.3 Å². The number of nitrogens with one attached hydrogen (secondary N) is 2. The molecule has 0 fully saturated rings. The van der Waals surface area contributed by atoms with Crippen molar-refractivity contribution in [3.05, 3.63) is 54.1 Å². The average molecular weight is 412 g/mol. The van der Waals surface area contributed by atoms with Crippen LogP contribution in [0.25, 0.3) is 0 Å². The first-order chi connectivity index (χ1) is 14.4. The zero-order valence-corrected chi connectivity index (χ0v) is 18.4. The van der Waals surface area contributed by atoms with Crippen molar-refractivity contribution < 1.29 is 14.3 Å². The van der Waals surface area contributed by atoms with E-state index in [0.29, 0.717) is 17.0 Å². The van der Waals surface area contributed by atoms with E-state index < -0.39 is 0 Å². The van der Waals surface area contributed by atoms with Crippen molar-refractivity contribution in [3.63, 3.8) is 0 Å². The molecule has 2 aromatic rings. The van der Waals surface area contributed by atoms with Gasteiger partial charge in [-0.2, -0.15) is 0 Å². The first-order valence-electron chi connectivity index (χ1n) is 10.6. The quantitative estimate of drug-likeness (QED) is 0.558. The van der Waals surface area contributed by atoms with Gasteiger partial charge in [0.15, 0.2) is 0 Å². The lowest BCUT2D eigenvalue weighted by Crippen LogP contribution is -2.32. The van der Waals surface area contributed by atoms with Crippen LogP contribution in [-0.2, 0) is 4.79 Å². The number of anilines is 2. The molecule has 2 amide bonds. The molecule has 0 aromatic heterocycles. The van der Waals surface area contributed by atoms with Gasteiger partial charge in [0.1, 0.15) is 5.75 Å². The molecule has 0 aliphatic heterocycles. The standard InChI is InChI=1S/C24H33N3O3/c1-5-15-27(16-6-2)24(29)19-11-13-20(14-12-19)26-23(28)17-25-21-9-7-8-10-22(21)30-18(3)4/h7-14,18,25H,5-6,15-17H2,1-4H3,(H,26,28). The Labute approximate surface area is 179 Å². The van der Waals surface area contributed by atoms with Crippen molar-refractivity contribution in [2.24, 2.45) is 0 Å². The van der Waals surface area contributed by atoms with Gasteiger partial charge in [0.25, 0.3) is 5.91 Å². The van der Waals surface area contributed by atoms with Crippen LogP contribution in [0.5, 0.6) is 5.75 Å². The van der Waals surface area contributed by atoms with Gasteiger partial charge in [0.2, 0.25) is 5.91 Å². The van der Waals surface area contributed by atoms with E-state index in [0.717, 1.165) is 31.6 Å². The number of benzene rings is 2. The summed E-state index contributed by atoms with van der Waals surface area (Å²) < 4.78 is 5.76. The maximum atomic E-state index is 12.6. The Morgan fingerprint density at radius 2 is 1.60 bits per heavy atom. The number of amides is 2. The van der Waals surface area contributed by atoms with E-state index in [2.05, 4.69) is 24.5 Å². The molecule has 6 heteroatoms. The average Bonchev–Trinajstić information content (AvgIpc) is 2.72. The van der Waals surface area contributed by atoms with E-state index in [1.54, 1.807) is 24.3 Å². The molecule has 0 aliphatic rings. The lowest BCUT2D eigenvalue weighted by Gasteiger charge is -2.21. The van der Waals surface area contributed by atoms with Crippen LogP contribution in [0, 0.1) is 0 Å². The number of carbonyl (C=O) groups excluding carboxylic acids is 2. The molecule has 0 heterocycles. The third-order valence-corrected chi connectivity index (χ3v) is 4.38. The minimum absolute atomic E-state index is 0.0278. The summed E-state index contributed by atoms with van der Waals surface area (Å²) in [6.07, 6.45) is 1.91. The van der Waals surface area contributed by atoms with E-state index in [9.17, 15) is 9.59 Å². The summed E-state index contributed by atoms with van der Waals surface area (Å²) in [6.45, 7) is 9.66. The van der Waals surface area contributed by atoms with Crippen molar-refractivity contribution in [1.82, 2.24) is 4.90 Å². The van der Waals surface area contributed by atoms with Crippen molar-refractivity contribution in [1.29, 1.82) is 0 Å². The highest BCUT2D eigenvalue weighted by atomic mass is 16.5. The molecule has 0 radical (unpaired) electrons. The van der Waals surface area contributed by atoms with Gasteiger partial charge in [-0.3, -0.25) is 9.59 Å². The summed E-state index contributed by atoms with van der Waals surface area (Å²) >= 11 is 0. The maximum Gasteiger partial charge on any atom is 0.253 e. The molecule has 0 saturated heterocycles. The van der Waals surface area contributed by atoms with Gasteiger partial charge in [-0.25, -0.2) is 0 Å². The summed E-state index contributed by atoms with van der Waals surface area (Å²) in [4.78, 5) is 26.8. The molecule has 0 unspecified atom stereocenters. The Balaban J connectivity index is 1.93. The molecule has 0 bridgehead atoms. The van der Waals surface area contributed by atoms with Crippen molar-refractivity contribution in [2.75, 3.05) is 30.3 Å². The van der Waals surface area contributed by atoms with Crippen LogP contribution in [0.4, 0.5) is 11.4 Å². The van der Waals surface area contributed by atoms with Gasteiger partial charge in [-0.1, -0.05) is 26.0 Å². The van der Waals surface area contributed by atoms with E-state index in [4.69, 9.17) is 4.74 Å². The van der Waals surface area contributed by atoms with Crippen LogP contribution in [0.3, 0.4) is 0 Å². The van der Waals surface area contributed by atoms with Crippen molar-refractivity contribution >= 4 is 23.2 Å². The molecule has 6 nitrogen and oxygen atoms in total. The highest BCUT2D eigenvalue weighted by Gasteiger charge is 2.14. The first-order valence-corrected chi connectivity index (χ1v) is 10.6. The largest absolute Gasteiger partial charge is 0.489 e. The predicted octanol–water partition coefficient (Wildman–Crippen LogP) is 4.79. The number of rotatable bonds is 11. The van der Waals surface area contributed by atoms with Gasteiger partial charge in [-0.15, -0.1) is 0 Å². The third kappa shape index (κ3) is 7.10. The number of carbonyl (C=O) groups is 2. The lowest BCUT2D eigenvalue weighted by molar-refractivity contribution is -0.114. The normalized spacial score (nSPS) is 10.6. The van der Waals surface area contributed by atoms with E-state index >= 15 is 0 Å². The number of ether oxygens (including phenoxy) is 1. The second-order valence-corrected chi connectivity index (χ2v) is 7.43. The zero-order chi connectivity index (χ0) is 21.9. The molecule has 2 rings (SSSR count). The van der Waals surface area contributed by atoms with Crippen molar-refractivity contribution in [3.8, 4) is 5.75 Å². The minimum Gasteiger partial charge on any atom is -0.489 e. The highest BCUT2D eigenvalue weighted by molar-refractivity contribution is 5.96. The Bertz CT molecular complexity index is 813. The summed E-state index contributed by atoms with van der Waals surface area (Å²) in [5, 5.41) is 5.96. The molecule has 0 spiro atoms. The van der Waals surface area contributed by atoms with Crippen LogP contribution in [0.2, 0.25) is 0 Å². The summed E-state index contributed by atoms with van der Waals surface area (Å²) in [5.74, 6) is 0.568. The molecule has 30 heavy (non-hydrogen) atoms. The molecule has 162 valence electrons. The molecular weight excluding hydrogens is 378 g/mol. The lowest BCUT2D eigenvalue weighted by atomic mass is 10.1. The second kappa shape index (κ2) is 11.9. The van der Waals surface area contributed by atoms with Gasteiger partial charge in [0.05, 0.1) is 18.3 Å². The fraction of sp³-hybridized carbons (Fsp3) is 0.417. The summed E-state index contributed by atoms with van der Waals surface area (Å²) in [7, 11) is 0.